The molecule has 1 aliphatic heterocycles. The van der Waals surface area contributed by atoms with Crippen LogP contribution in [0, 0.1) is 0 Å². The van der Waals surface area contributed by atoms with Crippen LogP contribution in [0.1, 0.15) is 67.7 Å². The van der Waals surface area contributed by atoms with Crippen molar-refractivity contribution in [2.24, 2.45) is 0 Å². The van der Waals surface area contributed by atoms with Gasteiger partial charge in [0.1, 0.15) is 23.3 Å². The number of hydrogen-bond donors (Lipinski definition) is 1. The fraction of sp³-hybridized carbons (Fsp3) is 0.739. The van der Waals surface area contributed by atoms with E-state index in [-0.39, 0.29) is 23.8 Å². The van der Waals surface area contributed by atoms with Crippen LogP contribution in [-0.4, -0.2) is 81.8 Å². The molecular formula is C23H36N2O8S2. The molecule has 0 saturated carbocycles. The average molecular weight is 533 g/mol. The van der Waals surface area contributed by atoms with Gasteiger partial charge in [0.2, 0.25) is 6.10 Å². The first-order chi connectivity index (χ1) is 15.9. The molecule has 1 aliphatic rings. The molecule has 0 aromatic rings. The van der Waals surface area contributed by atoms with Crippen LogP contribution in [0.2, 0.25) is 0 Å². The molecule has 1 heterocycles. The van der Waals surface area contributed by atoms with E-state index in [2.05, 4.69) is 10.1 Å². The molecule has 1 rings (SSSR count). The van der Waals surface area contributed by atoms with Gasteiger partial charge < -0.3 is 29.2 Å². The molecule has 1 saturated heterocycles. The molecule has 198 valence electrons. The zero-order chi connectivity index (χ0) is 27.1. The van der Waals surface area contributed by atoms with E-state index in [1.807, 2.05) is 0 Å². The second kappa shape index (κ2) is 12.6. The SMILES string of the molecule is COC(=O)[C@H](CC(=S)N[C@@H](CC(=S)N1CC[C@@H]1C(=O)OC(C)(C)C)C(=O)OC(C)(C)C)OC(C)=O. The lowest BCUT2D eigenvalue weighted by molar-refractivity contribution is -0.164. The lowest BCUT2D eigenvalue weighted by atomic mass is 10.0. The largest absolute Gasteiger partial charge is 0.466 e. The van der Waals surface area contributed by atoms with E-state index in [1.54, 1.807) is 46.4 Å². The molecular weight excluding hydrogens is 496 g/mol. The number of esters is 4. The summed E-state index contributed by atoms with van der Waals surface area (Å²) in [4.78, 5) is 50.9. The monoisotopic (exact) mass is 532 g/mol. The number of likely N-dealkylation sites (tertiary alicyclic amines) is 1. The van der Waals surface area contributed by atoms with Gasteiger partial charge in [-0.25, -0.2) is 14.4 Å². The number of nitrogens with zero attached hydrogens (tertiary/aromatic N) is 1. The number of carbonyl (C=O) groups is 4. The lowest BCUT2D eigenvalue weighted by Gasteiger charge is -2.42. The Balaban J connectivity index is 2.96. The van der Waals surface area contributed by atoms with Crippen molar-refractivity contribution in [2.75, 3.05) is 13.7 Å². The Hall–Kier alpha value is -2.34. The van der Waals surface area contributed by atoms with Crippen LogP contribution in [0.3, 0.4) is 0 Å². The van der Waals surface area contributed by atoms with Crippen LogP contribution in [0.4, 0.5) is 0 Å². The maximum Gasteiger partial charge on any atom is 0.347 e. The van der Waals surface area contributed by atoms with E-state index < -0.39 is 47.3 Å². The summed E-state index contributed by atoms with van der Waals surface area (Å²) < 4.78 is 20.6. The number of nitrogens with one attached hydrogen (secondary N) is 1. The molecule has 12 heteroatoms. The molecule has 0 aromatic carbocycles. The molecule has 0 aromatic heterocycles. The Morgan fingerprint density at radius 1 is 0.971 bits per heavy atom. The van der Waals surface area contributed by atoms with Gasteiger partial charge in [-0.1, -0.05) is 24.4 Å². The number of methoxy groups -OCH3 is 1. The van der Waals surface area contributed by atoms with Gasteiger partial charge in [0, 0.05) is 26.3 Å². The van der Waals surface area contributed by atoms with Gasteiger partial charge in [-0.05, 0) is 48.0 Å². The van der Waals surface area contributed by atoms with E-state index in [0.29, 0.717) is 18.0 Å². The Bertz CT molecular complexity index is 847. The summed E-state index contributed by atoms with van der Waals surface area (Å²) in [6.07, 6.45) is -0.866. The van der Waals surface area contributed by atoms with Gasteiger partial charge in [-0.15, -0.1) is 0 Å². The first-order valence-corrected chi connectivity index (χ1v) is 12.0. The first kappa shape index (κ1) is 30.7. The first-order valence-electron chi connectivity index (χ1n) is 11.2. The highest BCUT2D eigenvalue weighted by atomic mass is 32.1. The standard InChI is InChI=1S/C23H36N2O8S2/c1-13(26)31-16(21(29)30-8)12-17(34)24-14(19(27)32-22(2,3)4)11-18(35)25-10-9-15(25)20(28)33-23(5,6)7/h14-16H,9-12H2,1-8H3,(H,24,34)/t14-,15+,16-/m0/s1. The van der Waals surface area contributed by atoms with Crippen molar-refractivity contribution in [3.05, 3.63) is 0 Å². The average Bonchev–Trinajstić information content (AvgIpc) is 2.61. The van der Waals surface area contributed by atoms with Crippen molar-refractivity contribution in [2.45, 2.75) is 97.1 Å². The van der Waals surface area contributed by atoms with Gasteiger partial charge in [0.05, 0.1) is 17.1 Å². The van der Waals surface area contributed by atoms with E-state index >= 15 is 0 Å². The minimum absolute atomic E-state index is 0.0140. The fourth-order valence-electron chi connectivity index (χ4n) is 3.09. The number of hydrogen-bond acceptors (Lipinski definition) is 10. The van der Waals surface area contributed by atoms with Crippen LogP contribution in [0.15, 0.2) is 0 Å². The molecule has 0 spiro atoms. The quantitative estimate of drug-likeness (QED) is 0.266. The van der Waals surface area contributed by atoms with Gasteiger partial charge >= 0.3 is 23.9 Å². The van der Waals surface area contributed by atoms with Gasteiger partial charge in [0.15, 0.2) is 0 Å². The Morgan fingerprint density at radius 3 is 1.97 bits per heavy atom. The number of ether oxygens (including phenoxy) is 4. The second-order valence-electron chi connectivity index (χ2n) is 10.1. The van der Waals surface area contributed by atoms with E-state index in [9.17, 15) is 19.2 Å². The molecule has 10 nitrogen and oxygen atoms in total. The third kappa shape index (κ3) is 10.9. The minimum Gasteiger partial charge on any atom is -0.466 e. The molecule has 35 heavy (non-hydrogen) atoms. The molecule has 1 fully saturated rings. The van der Waals surface area contributed by atoms with E-state index in [4.69, 9.17) is 38.6 Å². The summed E-state index contributed by atoms with van der Waals surface area (Å²) in [5.41, 5.74) is -1.41. The van der Waals surface area contributed by atoms with Crippen LogP contribution < -0.4 is 5.32 Å². The van der Waals surface area contributed by atoms with Crippen molar-refractivity contribution in [1.82, 2.24) is 10.2 Å². The Labute approximate surface area is 217 Å². The fourth-order valence-corrected chi connectivity index (χ4v) is 3.76. The number of thiocarbonyl (C=S) groups is 2. The minimum atomic E-state index is -1.27. The second-order valence-corrected chi connectivity index (χ2v) is 11.1. The number of rotatable bonds is 9. The molecule has 0 bridgehead atoms. The molecule has 3 atom stereocenters. The van der Waals surface area contributed by atoms with Crippen LogP contribution in [-0.2, 0) is 38.1 Å². The molecule has 1 N–H and O–H groups in total. The highest BCUT2D eigenvalue weighted by Gasteiger charge is 2.40. The van der Waals surface area contributed by atoms with Crippen molar-refractivity contribution in [3.8, 4) is 0 Å². The normalized spacial score (nSPS) is 17.3. The van der Waals surface area contributed by atoms with Gasteiger partial charge in [-0.3, -0.25) is 4.79 Å². The molecule has 0 unspecified atom stereocenters. The van der Waals surface area contributed by atoms with E-state index in [1.165, 1.54) is 0 Å². The van der Waals surface area contributed by atoms with Gasteiger partial charge in [-0.2, -0.15) is 0 Å². The lowest BCUT2D eigenvalue weighted by Crippen LogP contribution is -2.57. The van der Waals surface area contributed by atoms with Gasteiger partial charge in [0.25, 0.3) is 0 Å². The third-order valence-corrected chi connectivity index (χ3v) is 5.25. The Morgan fingerprint density at radius 2 is 1.54 bits per heavy atom. The van der Waals surface area contributed by atoms with Crippen molar-refractivity contribution in [3.63, 3.8) is 0 Å². The zero-order valence-electron chi connectivity index (χ0n) is 21.6. The zero-order valence-corrected chi connectivity index (χ0v) is 23.2. The topological polar surface area (TPSA) is 120 Å². The van der Waals surface area contributed by atoms with Crippen LogP contribution in [0.5, 0.6) is 0 Å². The van der Waals surface area contributed by atoms with Crippen molar-refractivity contribution < 1.29 is 38.1 Å². The summed E-state index contributed by atoms with van der Waals surface area (Å²) >= 11 is 10.9. The summed E-state index contributed by atoms with van der Waals surface area (Å²) in [7, 11) is 1.16. The molecule has 0 radical (unpaired) electrons. The summed E-state index contributed by atoms with van der Waals surface area (Å²) in [5.74, 6) is -2.46. The predicted molar refractivity (Wildman–Crippen MR) is 136 cm³/mol. The highest BCUT2D eigenvalue weighted by Crippen LogP contribution is 2.24. The van der Waals surface area contributed by atoms with E-state index in [0.717, 1.165) is 14.0 Å². The Kier molecular flexibility index (Phi) is 11.0. The molecule has 0 aliphatic carbocycles. The smallest absolute Gasteiger partial charge is 0.347 e. The van der Waals surface area contributed by atoms with Crippen LogP contribution >= 0.6 is 24.4 Å². The summed E-state index contributed by atoms with van der Waals surface area (Å²) in [5, 5.41) is 2.87. The number of carbonyl (C=O) groups excluding carboxylic acids is 4. The predicted octanol–water partition coefficient (Wildman–Crippen LogP) is 2.24. The van der Waals surface area contributed by atoms with Crippen molar-refractivity contribution >= 4 is 58.3 Å². The summed E-state index contributed by atoms with van der Waals surface area (Å²) in [6.45, 7) is 12.2. The summed E-state index contributed by atoms with van der Waals surface area (Å²) in [6, 6.07) is -1.52. The highest BCUT2D eigenvalue weighted by molar-refractivity contribution is 7.80. The molecule has 0 amide bonds. The van der Waals surface area contributed by atoms with Crippen LogP contribution in [0.25, 0.3) is 0 Å². The maximum absolute atomic E-state index is 12.9. The third-order valence-electron chi connectivity index (χ3n) is 4.57. The van der Waals surface area contributed by atoms with Crippen molar-refractivity contribution in [1.29, 1.82) is 0 Å². The maximum atomic E-state index is 12.9.